The van der Waals surface area contributed by atoms with E-state index < -0.39 is 0 Å². The Morgan fingerprint density at radius 3 is 0.827 bits per heavy atom. The van der Waals surface area contributed by atoms with E-state index in [9.17, 15) is 0 Å². The van der Waals surface area contributed by atoms with Gasteiger partial charge in [0.2, 0.25) is 0 Å². The van der Waals surface area contributed by atoms with Crippen LogP contribution in [0.5, 0.6) is 0 Å². The van der Waals surface area contributed by atoms with Gasteiger partial charge in [0.1, 0.15) is 0 Å². The topological polar surface area (TPSA) is 58.3 Å². The third-order valence-corrected chi connectivity index (χ3v) is 26.2. The molecule has 0 spiro atoms. The first-order valence-corrected chi connectivity index (χ1v) is 46.4. The fourth-order valence-electron chi connectivity index (χ4n) is 21.0. The SMILES string of the molecule is C#Cc1ccc2c(c1)c1cc(C#N)ccc1n2C(C)(C)C.CC(C)(C)n1c2c(-c3ccccc3)cccc2c2cccc(-c3ccccc3)c21.CC(C)(C)n1c2ccccc2c2cc(-n3c4ccccc4c4ccccc43)ccc21.CC(C)(C)n1c2ccccc2c2cccc(-c3ccccc3)c21.CC(C)(C)n1c2ccccc2c2cccc(-n3c4ccccc4c4ccccc43)c21. The molecule has 8 heteroatoms. The van der Waals surface area contributed by atoms with Crippen molar-refractivity contribution >= 4 is 153 Å². The van der Waals surface area contributed by atoms with Crippen molar-refractivity contribution in [3.05, 3.63) is 399 Å². The average Bonchev–Trinajstić information content (AvgIpc) is 1.56. The lowest BCUT2D eigenvalue weighted by Gasteiger charge is -2.26. The molecule has 0 amide bonds. The molecule has 0 aliphatic rings. The number of nitriles is 1. The van der Waals surface area contributed by atoms with Crippen molar-refractivity contribution in [2.75, 3.05) is 0 Å². The Balaban J connectivity index is 0.000000104. The second kappa shape index (κ2) is 33.4. The number of nitrogens with zero attached hydrogens (tertiary/aromatic N) is 8. The van der Waals surface area contributed by atoms with Crippen molar-refractivity contribution in [2.24, 2.45) is 0 Å². The predicted octanol–water partition coefficient (Wildman–Crippen LogP) is 33.8. The number of fused-ring (bicyclic) bond motifs is 21. The molecule has 0 N–H and O–H groups in total. The average molecular weight is 1720 g/mol. The lowest BCUT2D eigenvalue weighted by Crippen LogP contribution is -2.22. The summed E-state index contributed by atoms with van der Waals surface area (Å²) in [5, 5.41) is 27.0. The van der Waals surface area contributed by atoms with E-state index in [1.54, 1.807) is 0 Å². The maximum Gasteiger partial charge on any atom is 0.0991 e. The Morgan fingerprint density at radius 2 is 0.459 bits per heavy atom. The van der Waals surface area contributed by atoms with Crippen LogP contribution in [0.15, 0.2) is 388 Å². The van der Waals surface area contributed by atoms with Crippen molar-refractivity contribution in [1.82, 2.24) is 32.0 Å². The van der Waals surface area contributed by atoms with Gasteiger partial charge in [-0.1, -0.05) is 291 Å². The van der Waals surface area contributed by atoms with E-state index in [4.69, 9.17) is 11.7 Å². The third-order valence-electron chi connectivity index (χ3n) is 26.2. The van der Waals surface area contributed by atoms with Gasteiger partial charge in [-0.3, -0.25) is 0 Å². The van der Waals surface area contributed by atoms with Crippen LogP contribution in [0.25, 0.3) is 197 Å². The molecule has 17 aromatic carbocycles. The zero-order valence-corrected chi connectivity index (χ0v) is 78.6. The van der Waals surface area contributed by atoms with Gasteiger partial charge >= 0.3 is 0 Å². The van der Waals surface area contributed by atoms with Crippen LogP contribution in [-0.4, -0.2) is 32.0 Å². The Bertz CT molecular complexity index is 8430. The molecule has 0 aliphatic carbocycles. The summed E-state index contributed by atoms with van der Waals surface area (Å²) in [7, 11) is 0. The summed E-state index contributed by atoms with van der Waals surface area (Å²) in [6.45, 7) is 34.0. The van der Waals surface area contributed by atoms with Crippen LogP contribution >= 0.6 is 0 Å². The minimum Gasteiger partial charge on any atom is -0.335 e. The maximum absolute atomic E-state index is 9.15. The van der Waals surface area contributed by atoms with Crippen LogP contribution in [0.4, 0.5) is 0 Å². The fourth-order valence-corrected chi connectivity index (χ4v) is 21.0. The molecule has 0 unspecified atom stereocenters. The Kier molecular flexibility index (Phi) is 21.5. The summed E-state index contributed by atoms with van der Waals surface area (Å²) in [6.07, 6.45) is 5.52. The normalized spacial score (nSPS) is 12.2. The third kappa shape index (κ3) is 15.0. The Hall–Kier alpha value is -15.6. The number of hydrogen-bond acceptors (Lipinski definition) is 1. The van der Waals surface area contributed by atoms with Crippen molar-refractivity contribution in [3.63, 3.8) is 0 Å². The molecule has 24 rings (SSSR count). The highest BCUT2D eigenvalue weighted by Gasteiger charge is 2.30. The van der Waals surface area contributed by atoms with E-state index in [0.717, 1.165) is 27.4 Å². The second-order valence-corrected chi connectivity index (χ2v) is 40.1. The van der Waals surface area contributed by atoms with Gasteiger partial charge in [-0.2, -0.15) is 5.26 Å². The lowest BCUT2D eigenvalue weighted by atomic mass is 10.0. The number of benzene rings is 17. The lowest BCUT2D eigenvalue weighted by molar-refractivity contribution is 0.423. The highest BCUT2D eigenvalue weighted by atomic mass is 15.1. The van der Waals surface area contributed by atoms with Crippen LogP contribution in [0.1, 0.15) is 115 Å². The summed E-state index contributed by atoms with van der Waals surface area (Å²) in [4.78, 5) is 0. The van der Waals surface area contributed by atoms with Gasteiger partial charge in [-0.15, -0.1) is 6.42 Å². The van der Waals surface area contributed by atoms with E-state index in [1.807, 2.05) is 30.3 Å². The Labute approximate surface area is 778 Å². The van der Waals surface area contributed by atoms with Crippen LogP contribution in [0, 0.1) is 23.7 Å². The number of para-hydroxylation sites is 11. The Morgan fingerprint density at radius 1 is 0.203 bits per heavy atom. The molecule has 8 nitrogen and oxygen atoms in total. The second-order valence-electron chi connectivity index (χ2n) is 40.1. The van der Waals surface area contributed by atoms with Crippen molar-refractivity contribution in [2.45, 2.75) is 132 Å². The number of rotatable bonds is 5. The minimum absolute atomic E-state index is 0.00964. The first kappa shape index (κ1) is 85.5. The molecule has 650 valence electrons. The van der Waals surface area contributed by atoms with Gasteiger partial charge in [0.15, 0.2) is 0 Å². The number of hydrogen-bond donors (Lipinski definition) is 0. The van der Waals surface area contributed by atoms with Crippen molar-refractivity contribution in [1.29, 1.82) is 5.26 Å². The summed E-state index contributed by atoms with van der Waals surface area (Å²) in [5.41, 5.74) is 29.2. The molecule has 0 bridgehead atoms. The zero-order valence-electron chi connectivity index (χ0n) is 78.6. The van der Waals surface area contributed by atoms with E-state index >= 15 is 0 Å². The molecule has 133 heavy (non-hydrogen) atoms. The van der Waals surface area contributed by atoms with Crippen LogP contribution in [0.3, 0.4) is 0 Å². The molecule has 24 aromatic rings. The molecule has 0 radical (unpaired) electrons. The van der Waals surface area contributed by atoms with Crippen LogP contribution < -0.4 is 0 Å². The van der Waals surface area contributed by atoms with Gasteiger partial charge < -0.3 is 32.0 Å². The van der Waals surface area contributed by atoms with E-state index in [0.29, 0.717) is 5.56 Å². The minimum atomic E-state index is -0.0598. The summed E-state index contributed by atoms with van der Waals surface area (Å²) in [5.74, 6) is 2.69. The molecule has 0 atom stereocenters. The fraction of sp³-hybridized carbons (Fsp3) is 0.160. The van der Waals surface area contributed by atoms with Gasteiger partial charge in [-0.05, 0) is 224 Å². The van der Waals surface area contributed by atoms with Gasteiger partial charge in [-0.25, -0.2) is 0 Å². The molecular formula is C125H110N8. The zero-order chi connectivity index (χ0) is 92.1. The first-order chi connectivity index (χ1) is 64.2. The summed E-state index contributed by atoms with van der Waals surface area (Å²) >= 11 is 0. The van der Waals surface area contributed by atoms with Crippen LogP contribution in [-0.2, 0) is 27.7 Å². The number of terminal acetylenes is 1. The molecule has 0 fully saturated rings. The molecule has 0 saturated heterocycles. The van der Waals surface area contributed by atoms with Crippen LogP contribution in [0.2, 0.25) is 0 Å². The monoisotopic (exact) mass is 1720 g/mol. The van der Waals surface area contributed by atoms with Gasteiger partial charge in [0, 0.05) is 164 Å². The smallest absolute Gasteiger partial charge is 0.0991 e. The molecule has 7 aromatic heterocycles. The molecular weight excluding hydrogens is 1610 g/mol. The van der Waals surface area contributed by atoms with Gasteiger partial charge in [0.25, 0.3) is 0 Å². The quantitative estimate of drug-likeness (QED) is 0.158. The predicted molar refractivity (Wildman–Crippen MR) is 570 cm³/mol. The largest absolute Gasteiger partial charge is 0.335 e. The van der Waals surface area contributed by atoms with Gasteiger partial charge in [0.05, 0.1) is 61.5 Å². The number of aromatic nitrogens is 7. The molecule has 0 saturated carbocycles. The summed E-state index contributed by atoms with van der Waals surface area (Å²) < 4.78 is 17.1. The van der Waals surface area contributed by atoms with E-state index in [1.165, 1.54) is 176 Å². The summed E-state index contributed by atoms with van der Waals surface area (Å²) in [6, 6.07) is 141. The standard InChI is InChI=1S/2C28H24N2.C28H25N.C22H21N.C19H16N2/c1-28(2,3)30-25-17-9-6-13-21(25)22-14-10-18-26(27(22)30)29-23-15-7-4-11-19(23)20-12-5-8-16-24(20)29;1-28(2,3)30-26-15-9-6-12-22(26)23-18-19(16-17-27(23)30)29-24-13-7-4-10-20(24)21-11-5-8-14-25(21)29;1-28(2,3)29-26-22(20-12-6-4-7-13-20)16-10-18-24(26)25-19-11-17-23(27(25)29)21-14-8-5-9-15-21;1-22(2,3)23-20-15-8-7-12-18(20)19-14-9-13-17(21(19)23)16-10-5-4-6-11-16;1-5-13-6-8-17-15(10-13)16-11-14(12-20)7-9-18(16)21(17)19(2,3)4/h2*4-18H,1-3H3;4-19H,1-3H3;4-15H,1-3H3;1,6-11H,2-4H3. The van der Waals surface area contributed by atoms with E-state index in [-0.39, 0.29) is 27.7 Å². The van der Waals surface area contributed by atoms with Crippen molar-refractivity contribution < 1.29 is 0 Å². The van der Waals surface area contributed by atoms with Crippen molar-refractivity contribution in [3.8, 4) is 63.2 Å². The maximum atomic E-state index is 9.15. The molecule has 0 aliphatic heterocycles. The first-order valence-electron chi connectivity index (χ1n) is 46.4. The highest BCUT2D eigenvalue weighted by molar-refractivity contribution is 6.19. The van der Waals surface area contributed by atoms with E-state index in [2.05, 4.69) is 506 Å². The highest BCUT2D eigenvalue weighted by Crippen LogP contribution is 2.47. The molecule has 7 heterocycles.